The molecule has 2 aromatic rings. The molecule has 7 nitrogen and oxygen atoms in total. The Bertz CT molecular complexity index is 828. The van der Waals surface area contributed by atoms with E-state index in [2.05, 4.69) is 15.6 Å². The van der Waals surface area contributed by atoms with E-state index in [9.17, 15) is 18.8 Å². The van der Waals surface area contributed by atoms with Gasteiger partial charge in [-0.25, -0.2) is 9.18 Å². The predicted octanol–water partition coefficient (Wildman–Crippen LogP) is 1.35. The molecule has 1 atom stereocenters. The number of aromatic nitrogens is 1. The highest BCUT2D eigenvalue weighted by atomic mass is 19.1. The maximum atomic E-state index is 13.2. The summed E-state index contributed by atoms with van der Waals surface area (Å²) in [6.45, 7) is 0.190. The Morgan fingerprint density at radius 3 is 2.81 bits per heavy atom. The first-order valence-electron chi connectivity index (χ1n) is 8.06. The van der Waals surface area contributed by atoms with E-state index in [-0.39, 0.29) is 25.4 Å². The molecule has 0 radical (unpaired) electrons. The highest BCUT2D eigenvalue weighted by Crippen LogP contribution is 2.15. The van der Waals surface area contributed by atoms with Crippen molar-refractivity contribution in [3.05, 3.63) is 65.7 Å². The first-order chi connectivity index (χ1) is 12.5. The lowest BCUT2D eigenvalue weighted by molar-refractivity contribution is -0.131. The Balaban J connectivity index is 1.55. The molecular formula is C18H17FN4O3. The molecule has 2 N–H and O–H groups in total. The largest absolute Gasteiger partial charge is 0.350 e. The third-order valence-electron chi connectivity index (χ3n) is 3.92. The molecule has 0 saturated carbocycles. The van der Waals surface area contributed by atoms with Crippen LogP contribution in [0.3, 0.4) is 0 Å². The number of hydrogen-bond donors (Lipinski definition) is 2. The number of hydrogen-bond acceptors (Lipinski definition) is 4. The number of urea groups is 1. The van der Waals surface area contributed by atoms with Gasteiger partial charge in [-0.05, 0) is 29.8 Å². The van der Waals surface area contributed by atoms with E-state index < -0.39 is 23.8 Å². The van der Waals surface area contributed by atoms with E-state index in [0.717, 1.165) is 4.90 Å². The second kappa shape index (κ2) is 7.73. The van der Waals surface area contributed by atoms with Gasteiger partial charge in [-0.15, -0.1) is 0 Å². The third kappa shape index (κ3) is 4.21. The van der Waals surface area contributed by atoms with Crippen LogP contribution in [0.5, 0.6) is 0 Å². The topological polar surface area (TPSA) is 91.4 Å². The summed E-state index contributed by atoms with van der Waals surface area (Å²) >= 11 is 0. The lowest BCUT2D eigenvalue weighted by atomic mass is 10.1. The van der Waals surface area contributed by atoms with Gasteiger partial charge in [0.2, 0.25) is 5.91 Å². The zero-order chi connectivity index (χ0) is 18.5. The number of imide groups is 1. The highest BCUT2D eigenvalue weighted by molar-refractivity contribution is 6.05. The van der Waals surface area contributed by atoms with Crippen LogP contribution in [-0.2, 0) is 22.7 Å². The Morgan fingerprint density at radius 2 is 2.08 bits per heavy atom. The number of carbonyl (C=O) groups is 3. The first kappa shape index (κ1) is 17.5. The van der Waals surface area contributed by atoms with Gasteiger partial charge in [0.15, 0.2) is 0 Å². The van der Waals surface area contributed by atoms with Crippen LogP contribution in [0, 0.1) is 5.82 Å². The van der Waals surface area contributed by atoms with Gasteiger partial charge >= 0.3 is 6.03 Å². The smallest absolute Gasteiger partial charge is 0.325 e. The van der Waals surface area contributed by atoms with Gasteiger partial charge in [0.05, 0.1) is 25.2 Å². The number of nitrogens with zero attached hydrogens (tertiary/aromatic N) is 2. The Labute approximate surface area is 149 Å². The Hall–Kier alpha value is -3.29. The molecule has 8 heteroatoms. The van der Waals surface area contributed by atoms with Crippen LogP contribution in [0.4, 0.5) is 9.18 Å². The second-order valence-electron chi connectivity index (χ2n) is 5.86. The second-order valence-corrected chi connectivity index (χ2v) is 5.86. The van der Waals surface area contributed by atoms with Gasteiger partial charge in [-0.1, -0.05) is 18.2 Å². The molecule has 0 bridgehead atoms. The first-order valence-corrected chi connectivity index (χ1v) is 8.06. The summed E-state index contributed by atoms with van der Waals surface area (Å²) in [5.74, 6) is -1.32. The summed E-state index contributed by atoms with van der Waals surface area (Å²) in [6.07, 6.45) is 1.45. The van der Waals surface area contributed by atoms with Crippen LogP contribution < -0.4 is 10.6 Å². The molecule has 26 heavy (non-hydrogen) atoms. The molecule has 3 rings (SSSR count). The Kier molecular flexibility index (Phi) is 5.21. The van der Waals surface area contributed by atoms with Crippen molar-refractivity contribution in [3.8, 4) is 0 Å². The summed E-state index contributed by atoms with van der Waals surface area (Å²) in [5, 5.41) is 5.15. The van der Waals surface area contributed by atoms with Crippen molar-refractivity contribution < 1.29 is 18.8 Å². The van der Waals surface area contributed by atoms with Gasteiger partial charge in [0.25, 0.3) is 5.91 Å². The zero-order valence-electron chi connectivity index (χ0n) is 13.8. The summed E-state index contributed by atoms with van der Waals surface area (Å²) in [4.78, 5) is 41.5. The molecule has 0 aliphatic carbocycles. The molecule has 1 unspecified atom stereocenters. The molecule has 1 aliphatic heterocycles. The van der Waals surface area contributed by atoms with Crippen molar-refractivity contribution >= 4 is 17.8 Å². The van der Waals surface area contributed by atoms with Crippen LogP contribution in [0.25, 0.3) is 0 Å². The minimum absolute atomic E-state index is 0.0471. The van der Waals surface area contributed by atoms with Gasteiger partial charge in [-0.2, -0.15) is 0 Å². The number of rotatable bonds is 6. The summed E-state index contributed by atoms with van der Waals surface area (Å²) < 4.78 is 13.2. The number of carbonyl (C=O) groups excluding carboxylic acids is 3. The summed E-state index contributed by atoms with van der Waals surface area (Å²) in [5.41, 5.74) is 1.18. The van der Waals surface area contributed by atoms with E-state index in [4.69, 9.17) is 0 Å². The van der Waals surface area contributed by atoms with E-state index in [0.29, 0.717) is 11.3 Å². The normalized spacial score (nSPS) is 16.5. The van der Waals surface area contributed by atoms with E-state index in [1.54, 1.807) is 30.5 Å². The molecule has 1 fully saturated rings. The van der Waals surface area contributed by atoms with Gasteiger partial charge < -0.3 is 10.6 Å². The van der Waals surface area contributed by atoms with Crippen LogP contribution in [0.2, 0.25) is 0 Å². The Morgan fingerprint density at radius 1 is 1.23 bits per heavy atom. The minimum Gasteiger partial charge on any atom is -0.350 e. The molecule has 134 valence electrons. The number of halogens is 1. The predicted molar refractivity (Wildman–Crippen MR) is 90.0 cm³/mol. The lowest BCUT2D eigenvalue weighted by Gasteiger charge is -2.13. The quantitative estimate of drug-likeness (QED) is 0.765. The minimum atomic E-state index is -0.931. The van der Waals surface area contributed by atoms with Crippen molar-refractivity contribution in [1.29, 1.82) is 0 Å². The standard InChI is InChI=1S/C18H17FN4O3/c19-13-5-3-4-12(8-13)11-23-17(25)15(22-18(23)26)9-16(24)21-10-14-6-1-2-7-20-14/h1-8,15H,9-11H2,(H,21,24)(H,22,26). The lowest BCUT2D eigenvalue weighted by Crippen LogP contribution is -2.36. The average Bonchev–Trinajstić information content (AvgIpc) is 2.88. The number of amides is 4. The fourth-order valence-electron chi connectivity index (χ4n) is 2.63. The van der Waals surface area contributed by atoms with Gasteiger partial charge in [0, 0.05) is 6.20 Å². The number of pyridine rings is 1. The molecule has 0 spiro atoms. The molecular weight excluding hydrogens is 339 g/mol. The number of benzene rings is 1. The van der Waals surface area contributed by atoms with Gasteiger partial charge in [0.1, 0.15) is 11.9 Å². The maximum Gasteiger partial charge on any atom is 0.325 e. The van der Waals surface area contributed by atoms with E-state index >= 15 is 0 Å². The SMILES string of the molecule is O=C(CC1NC(=O)N(Cc2cccc(F)c2)C1=O)NCc1ccccn1. The molecule has 4 amide bonds. The van der Waals surface area contributed by atoms with Crippen molar-refractivity contribution in [2.75, 3.05) is 0 Å². The fraction of sp³-hybridized carbons (Fsp3) is 0.222. The van der Waals surface area contributed by atoms with E-state index in [1.165, 1.54) is 18.2 Å². The summed E-state index contributed by atoms with van der Waals surface area (Å²) in [7, 11) is 0. The van der Waals surface area contributed by atoms with Crippen molar-refractivity contribution in [1.82, 2.24) is 20.5 Å². The highest BCUT2D eigenvalue weighted by Gasteiger charge is 2.38. The zero-order valence-corrected chi connectivity index (χ0v) is 13.8. The molecule has 1 saturated heterocycles. The van der Waals surface area contributed by atoms with Crippen molar-refractivity contribution in [3.63, 3.8) is 0 Å². The van der Waals surface area contributed by atoms with Crippen LogP contribution in [0.1, 0.15) is 17.7 Å². The molecule has 1 aromatic heterocycles. The van der Waals surface area contributed by atoms with Crippen LogP contribution >= 0.6 is 0 Å². The monoisotopic (exact) mass is 356 g/mol. The molecule has 1 aromatic carbocycles. The van der Waals surface area contributed by atoms with E-state index in [1.807, 2.05) is 0 Å². The third-order valence-corrected chi connectivity index (χ3v) is 3.92. The summed E-state index contributed by atoms with van der Waals surface area (Å²) in [6, 6.07) is 9.48. The maximum absolute atomic E-state index is 13.2. The fourth-order valence-corrected chi connectivity index (χ4v) is 2.63. The molecule has 2 heterocycles. The van der Waals surface area contributed by atoms with Crippen molar-refractivity contribution in [2.24, 2.45) is 0 Å². The van der Waals surface area contributed by atoms with Gasteiger partial charge in [-0.3, -0.25) is 19.5 Å². The molecule has 1 aliphatic rings. The van der Waals surface area contributed by atoms with Crippen LogP contribution in [-0.4, -0.2) is 33.8 Å². The average molecular weight is 356 g/mol. The van der Waals surface area contributed by atoms with Crippen LogP contribution in [0.15, 0.2) is 48.7 Å². The van der Waals surface area contributed by atoms with Crippen molar-refractivity contribution in [2.45, 2.75) is 25.6 Å². The number of nitrogens with one attached hydrogen (secondary N) is 2.